The Morgan fingerprint density at radius 2 is 2.20 bits per heavy atom. The van der Waals surface area contributed by atoms with Gasteiger partial charge < -0.3 is 15.2 Å². The second-order valence-electron chi connectivity index (χ2n) is 6.64. The molecule has 0 aliphatic carbocycles. The van der Waals surface area contributed by atoms with Crippen molar-refractivity contribution >= 4 is 16.8 Å². The van der Waals surface area contributed by atoms with Crippen LogP contribution in [0.1, 0.15) is 34.2 Å². The average Bonchev–Trinajstić information content (AvgIpc) is 3.28. The lowest BCUT2D eigenvalue weighted by atomic mass is 10.1. The van der Waals surface area contributed by atoms with Crippen molar-refractivity contribution in [3.05, 3.63) is 59.8 Å². The summed E-state index contributed by atoms with van der Waals surface area (Å²) in [5.41, 5.74) is 2.38. The SMILES string of the molecule is CN1CC[C@H](c2ncc(CNC(=O)c3cnc4ccccc4c3)[nH]2)C1. The van der Waals surface area contributed by atoms with Crippen LogP contribution in [0.4, 0.5) is 0 Å². The van der Waals surface area contributed by atoms with Crippen LogP contribution in [0.25, 0.3) is 10.9 Å². The Kier molecular flexibility index (Phi) is 4.19. The predicted molar refractivity (Wildman–Crippen MR) is 96.4 cm³/mol. The van der Waals surface area contributed by atoms with E-state index in [-0.39, 0.29) is 5.91 Å². The van der Waals surface area contributed by atoms with E-state index in [0.29, 0.717) is 18.0 Å². The quantitative estimate of drug-likeness (QED) is 0.767. The van der Waals surface area contributed by atoms with Crippen molar-refractivity contribution in [1.29, 1.82) is 0 Å². The molecule has 6 nitrogen and oxygen atoms in total. The van der Waals surface area contributed by atoms with Crippen LogP contribution in [0.2, 0.25) is 0 Å². The number of carbonyl (C=O) groups excluding carboxylic acids is 1. The van der Waals surface area contributed by atoms with Crippen molar-refractivity contribution in [3.8, 4) is 0 Å². The number of aromatic amines is 1. The van der Waals surface area contributed by atoms with Gasteiger partial charge in [0.2, 0.25) is 0 Å². The maximum absolute atomic E-state index is 12.4. The van der Waals surface area contributed by atoms with Gasteiger partial charge in [-0.1, -0.05) is 18.2 Å². The maximum atomic E-state index is 12.4. The number of likely N-dealkylation sites (tertiary alicyclic amines) is 1. The first-order chi connectivity index (χ1) is 12.2. The lowest BCUT2D eigenvalue weighted by Gasteiger charge is -2.07. The van der Waals surface area contributed by atoms with Gasteiger partial charge in [-0.3, -0.25) is 9.78 Å². The van der Waals surface area contributed by atoms with Crippen LogP contribution in [0, 0.1) is 0 Å². The number of H-pyrrole nitrogens is 1. The third kappa shape index (κ3) is 3.39. The number of hydrogen-bond donors (Lipinski definition) is 2. The molecule has 1 aromatic carbocycles. The van der Waals surface area contributed by atoms with E-state index in [1.165, 1.54) is 0 Å². The molecule has 128 valence electrons. The fourth-order valence-corrected chi connectivity index (χ4v) is 3.30. The first kappa shape index (κ1) is 15.8. The molecule has 0 radical (unpaired) electrons. The highest BCUT2D eigenvalue weighted by Crippen LogP contribution is 2.23. The summed E-state index contributed by atoms with van der Waals surface area (Å²) in [6.45, 7) is 2.57. The lowest BCUT2D eigenvalue weighted by Crippen LogP contribution is -2.23. The summed E-state index contributed by atoms with van der Waals surface area (Å²) in [5, 5.41) is 3.89. The third-order valence-electron chi connectivity index (χ3n) is 4.72. The number of carbonyl (C=O) groups is 1. The second-order valence-corrected chi connectivity index (χ2v) is 6.64. The molecule has 0 unspecified atom stereocenters. The van der Waals surface area contributed by atoms with Crippen molar-refractivity contribution in [2.24, 2.45) is 0 Å². The number of hydrogen-bond acceptors (Lipinski definition) is 4. The van der Waals surface area contributed by atoms with E-state index in [1.54, 1.807) is 6.20 Å². The van der Waals surface area contributed by atoms with Gasteiger partial charge >= 0.3 is 0 Å². The van der Waals surface area contributed by atoms with Gasteiger partial charge in [0, 0.05) is 24.0 Å². The Labute approximate surface area is 146 Å². The van der Waals surface area contributed by atoms with Crippen LogP contribution in [0.3, 0.4) is 0 Å². The van der Waals surface area contributed by atoms with Gasteiger partial charge in [0.1, 0.15) is 5.82 Å². The molecule has 0 saturated carbocycles. The molecule has 2 N–H and O–H groups in total. The molecule has 0 bridgehead atoms. The molecule has 0 spiro atoms. The highest BCUT2D eigenvalue weighted by molar-refractivity contribution is 5.97. The summed E-state index contributed by atoms with van der Waals surface area (Å²) in [4.78, 5) is 26.8. The minimum atomic E-state index is -0.130. The summed E-state index contributed by atoms with van der Waals surface area (Å²) in [6, 6.07) is 9.64. The molecule has 6 heteroatoms. The number of nitrogens with zero attached hydrogens (tertiary/aromatic N) is 3. The molecule has 1 saturated heterocycles. The lowest BCUT2D eigenvalue weighted by molar-refractivity contribution is 0.0950. The minimum absolute atomic E-state index is 0.130. The molecule has 1 amide bonds. The molecule has 3 heterocycles. The van der Waals surface area contributed by atoms with E-state index < -0.39 is 0 Å². The molecular weight excluding hydrogens is 314 g/mol. The topological polar surface area (TPSA) is 73.9 Å². The number of pyridine rings is 1. The van der Waals surface area contributed by atoms with Gasteiger partial charge in [-0.25, -0.2) is 4.98 Å². The zero-order chi connectivity index (χ0) is 17.2. The molecule has 25 heavy (non-hydrogen) atoms. The fourth-order valence-electron chi connectivity index (χ4n) is 3.30. The molecule has 1 aliphatic rings. The summed E-state index contributed by atoms with van der Waals surface area (Å²) in [6.07, 6.45) is 4.55. The number of nitrogens with one attached hydrogen (secondary N) is 2. The molecule has 1 aliphatic heterocycles. The minimum Gasteiger partial charge on any atom is -0.346 e. The van der Waals surface area contributed by atoms with Gasteiger partial charge in [0.15, 0.2) is 0 Å². The van der Waals surface area contributed by atoms with E-state index in [1.807, 2.05) is 36.5 Å². The van der Waals surface area contributed by atoms with Crippen molar-refractivity contribution in [3.63, 3.8) is 0 Å². The first-order valence-electron chi connectivity index (χ1n) is 8.54. The molecule has 1 atom stereocenters. The van der Waals surface area contributed by atoms with Crippen molar-refractivity contribution in [2.45, 2.75) is 18.9 Å². The molecular formula is C19H21N5O. The van der Waals surface area contributed by atoms with Crippen LogP contribution in [0.5, 0.6) is 0 Å². The van der Waals surface area contributed by atoms with Gasteiger partial charge in [0.25, 0.3) is 5.91 Å². The predicted octanol–water partition coefficient (Wildman–Crippen LogP) is 2.31. The van der Waals surface area contributed by atoms with Crippen LogP contribution < -0.4 is 5.32 Å². The van der Waals surface area contributed by atoms with Crippen molar-refractivity contribution in [1.82, 2.24) is 25.2 Å². The fraction of sp³-hybridized carbons (Fsp3) is 0.316. The number of imidazole rings is 1. The van der Waals surface area contributed by atoms with Crippen LogP contribution >= 0.6 is 0 Å². The zero-order valence-corrected chi connectivity index (χ0v) is 14.2. The monoisotopic (exact) mass is 335 g/mol. The summed E-state index contributed by atoms with van der Waals surface area (Å²) < 4.78 is 0. The van der Waals surface area contributed by atoms with Gasteiger partial charge in [0.05, 0.1) is 29.5 Å². The number of aromatic nitrogens is 3. The zero-order valence-electron chi connectivity index (χ0n) is 14.2. The molecule has 2 aromatic heterocycles. The molecule has 3 aromatic rings. The second kappa shape index (κ2) is 6.64. The summed E-state index contributed by atoms with van der Waals surface area (Å²) >= 11 is 0. The number of benzene rings is 1. The number of rotatable bonds is 4. The maximum Gasteiger partial charge on any atom is 0.253 e. The largest absolute Gasteiger partial charge is 0.346 e. The number of amides is 1. The number of para-hydroxylation sites is 1. The Morgan fingerprint density at radius 1 is 1.32 bits per heavy atom. The molecule has 4 rings (SSSR count). The van der Waals surface area contributed by atoms with E-state index in [2.05, 4.69) is 32.2 Å². The summed E-state index contributed by atoms with van der Waals surface area (Å²) in [7, 11) is 2.13. The van der Waals surface area contributed by atoms with Crippen LogP contribution in [-0.4, -0.2) is 45.9 Å². The normalized spacial score (nSPS) is 17.9. The standard InChI is InChI=1S/C19H21N5O/c1-24-7-6-14(12-24)18-21-10-16(23-18)11-22-19(25)15-8-13-4-2-3-5-17(13)20-9-15/h2-5,8-10,14H,6-7,11-12H2,1H3,(H,21,23)(H,22,25)/t14-/m0/s1. The number of fused-ring (bicyclic) bond motifs is 1. The van der Waals surface area contributed by atoms with Gasteiger partial charge in [-0.2, -0.15) is 0 Å². The van der Waals surface area contributed by atoms with Gasteiger partial charge in [-0.15, -0.1) is 0 Å². The van der Waals surface area contributed by atoms with Crippen LogP contribution in [0.15, 0.2) is 42.7 Å². The van der Waals surface area contributed by atoms with Crippen molar-refractivity contribution < 1.29 is 4.79 Å². The number of likely N-dealkylation sites (N-methyl/N-ethyl adjacent to an activating group) is 1. The highest BCUT2D eigenvalue weighted by atomic mass is 16.1. The molecule has 1 fully saturated rings. The Balaban J connectivity index is 1.40. The van der Waals surface area contributed by atoms with E-state index >= 15 is 0 Å². The van der Waals surface area contributed by atoms with E-state index in [9.17, 15) is 4.79 Å². The smallest absolute Gasteiger partial charge is 0.253 e. The summed E-state index contributed by atoms with van der Waals surface area (Å²) in [5.74, 6) is 1.34. The Hall–Kier alpha value is -2.73. The van der Waals surface area contributed by atoms with Crippen molar-refractivity contribution in [2.75, 3.05) is 20.1 Å². The van der Waals surface area contributed by atoms with E-state index in [0.717, 1.165) is 41.9 Å². The third-order valence-corrected chi connectivity index (χ3v) is 4.72. The Morgan fingerprint density at radius 3 is 3.04 bits per heavy atom. The highest BCUT2D eigenvalue weighted by Gasteiger charge is 2.23. The first-order valence-corrected chi connectivity index (χ1v) is 8.54. The Bertz CT molecular complexity index is 903. The average molecular weight is 335 g/mol. The van der Waals surface area contributed by atoms with Crippen LogP contribution in [-0.2, 0) is 6.54 Å². The van der Waals surface area contributed by atoms with Gasteiger partial charge in [-0.05, 0) is 32.1 Å². The van der Waals surface area contributed by atoms with E-state index in [4.69, 9.17) is 0 Å².